The maximum absolute atomic E-state index is 6.02. The number of hydrogen-bond donors (Lipinski definition) is 1. The van der Waals surface area contributed by atoms with Crippen LogP contribution in [0.1, 0.15) is 29.5 Å². The van der Waals surface area contributed by atoms with Crippen molar-refractivity contribution in [3.8, 4) is 5.75 Å². The minimum Gasteiger partial charge on any atom is -0.489 e. The van der Waals surface area contributed by atoms with Crippen molar-refractivity contribution in [3.05, 3.63) is 69.7 Å². The predicted molar refractivity (Wildman–Crippen MR) is 98.1 cm³/mol. The largest absolute Gasteiger partial charge is 0.489 e. The average Bonchev–Trinajstić information content (AvgIpc) is 3.09. The Hall–Kier alpha value is -1.58. The van der Waals surface area contributed by atoms with Gasteiger partial charge in [0.2, 0.25) is 0 Å². The summed E-state index contributed by atoms with van der Waals surface area (Å²) in [7, 11) is 0. The molecule has 0 unspecified atom stereocenters. The Morgan fingerprint density at radius 2 is 1.83 bits per heavy atom. The van der Waals surface area contributed by atoms with Gasteiger partial charge >= 0.3 is 0 Å². The Morgan fingerprint density at radius 1 is 1.00 bits per heavy atom. The lowest BCUT2D eigenvalue weighted by molar-refractivity contribution is 0.223. The summed E-state index contributed by atoms with van der Waals surface area (Å²) in [5.41, 5.74) is 5.35. The molecule has 2 nitrogen and oxygen atoms in total. The summed E-state index contributed by atoms with van der Waals surface area (Å²) >= 11 is 3.79. The van der Waals surface area contributed by atoms with E-state index in [2.05, 4.69) is 69.8 Å². The van der Waals surface area contributed by atoms with E-state index in [1.54, 1.807) is 0 Å². The molecule has 0 saturated carbocycles. The normalized spacial score (nSPS) is 20.5. The second-order valence-corrected chi connectivity index (χ2v) is 7.15. The van der Waals surface area contributed by atoms with Crippen molar-refractivity contribution in [2.75, 3.05) is 13.1 Å². The van der Waals surface area contributed by atoms with Gasteiger partial charge in [-0.2, -0.15) is 0 Å². The van der Waals surface area contributed by atoms with E-state index in [1.807, 2.05) is 0 Å². The van der Waals surface area contributed by atoms with Crippen molar-refractivity contribution >= 4 is 21.5 Å². The van der Waals surface area contributed by atoms with E-state index in [-0.39, 0.29) is 0 Å². The zero-order chi connectivity index (χ0) is 15.6. The van der Waals surface area contributed by atoms with E-state index < -0.39 is 0 Å². The van der Waals surface area contributed by atoms with Gasteiger partial charge in [0.15, 0.2) is 0 Å². The second-order valence-electron chi connectivity index (χ2n) is 6.19. The summed E-state index contributed by atoms with van der Waals surface area (Å²) in [6.07, 6.45) is 3.57. The molecule has 4 rings (SSSR count). The molecular weight excluding hydrogens is 350 g/mol. The molecule has 0 amide bonds. The van der Waals surface area contributed by atoms with Gasteiger partial charge in [-0.3, -0.25) is 0 Å². The first-order valence-electron chi connectivity index (χ1n) is 8.26. The second kappa shape index (κ2) is 6.50. The Bertz CT molecular complexity index is 730. The third kappa shape index (κ3) is 3.08. The minimum absolute atomic E-state index is 0.308. The molecule has 0 aromatic heterocycles. The molecule has 2 aliphatic rings. The third-order valence-electron chi connectivity index (χ3n) is 4.63. The lowest BCUT2D eigenvalue weighted by Crippen LogP contribution is -2.19. The molecule has 0 radical (unpaired) electrons. The molecule has 1 fully saturated rings. The van der Waals surface area contributed by atoms with Gasteiger partial charge in [-0.15, -0.1) is 0 Å². The number of halogens is 1. The summed E-state index contributed by atoms with van der Waals surface area (Å²) < 4.78 is 7.32. The number of hydrogen-bond acceptors (Lipinski definition) is 2. The van der Waals surface area contributed by atoms with Crippen LogP contribution in [0.25, 0.3) is 5.57 Å². The summed E-state index contributed by atoms with van der Waals surface area (Å²) in [6.45, 7) is 2.01. The van der Waals surface area contributed by atoms with Crippen LogP contribution in [0.4, 0.5) is 0 Å². The Morgan fingerprint density at radius 3 is 2.61 bits per heavy atom. The highest BCUT2D eigenvalue weighted by Gasteiger charge is 2.19. The van der Waals surface area contributed by atoms with E-state index in [1.165, 1.54) is 26.7 Å². The molecule has 1 heterocycles. The highest BCUT2D eigenvalue weighted by molar-refractivity contribution is 9.11. The Balaban J connectivity index is 1.62. The number of fused-ring (bicyclic) bond motifs is 1. The number of ether oxygens (including phenoxy) is 1. The van der Waals surface area contributed by atoms with Crippen molar-refractivity contribution in [3.63, 3.8) is 0 Å². The van der Waals surface area contributed by atoms with E-state index in [9.17, 15) is 0 Å². The molecule has 1 saturated heterocycles. The van der Waals surface area contributed by atoms with Gasteiger partial charge in [0.05, 0.1) is 0 Å². The van der Waals surface area contributed by atoms with Crippen molar-refractivity contribution in [2.24, 2.45) is 0 Å². The predicted octanol–water partition coefficient (Wildman–Crippen LogP) is 4.53. The van der Waals surface area contributed by atoms with Gasteiger partial charge in [-0.1, -0.05) is 52.3 Å². The van der Waals surface area contributed by atoms with Crippen LogP contribution >= 0.6 is 15.9 Å². The highest BCUT2D eigenvalue weighted by Crippen LogP contribution is 2.38. The van der Waals surface area contributed by atoms with Crippen molar-refractivity contribution in [1.82, 2.24) is 5.32 Å². The van der Waals surface area contributed by atoms with Gasteiger partial charge < -0.3 is 10.1 Å². The summed E-state index contributed by atoms with van der Waals surface area (Å²) in [4.78, 5) is 0. The van der Waals surface area contributed by atoms with Crippen LogP contribution in [-0.2, 0) is 6.42 Å². The van der Waals surface area contributed by atoms with E-state index in [0.717, 1.165) is 38.1 Å². The van der Waals surface area contributed by atoms with Crippen LogP contribution in [0.5, 0.6) is 5.75 Å². The van der Waals surface area contributed by atoms with Crippen LogP contribution < -0.4 is 10.1 Å². The molecule has 1 aliphatic carbocycles. The summed E-state index contributed by atoms with van der Waals surface area (Å²) in [5, 5.41) is 3.33. The van der Waals surface area contributed by atoms with Gasteiger partial charge in [-0.05, 0) is 60.2 Å². The zero-order valence-corrected chi connectivity index (χ0v) is 14.6. The minimum atomic E-state index is 0.308. The molecule has 1 atom stereocenters. The maximum atomic E-state index is 6.02. The molecule has 1 N–H and O–H groups in total. The highest BCUT2D eigenvalue weighted by atomic mass is 79.9. The monoisotopic (exact) mass is 369 g/mol. The Kier molecular flexibility index (Phi) is 4.23. The zero-order valence-electron chi connectivity index (χ0n) is 13.0. The molecule has 118 valence electrons. The fourth-order valence-electron chi connectivity index (χ4n) is 3.43. The van der Waals surface area contributed by atoms with Gasteiger partial charge in [0.25, 0.3) is 0 Å². The average molecular weight is 370 g/mol. The van der Waals surface area contributed by atoms with Crippen LogP contribution in [-0.4, -0.2) is 19.2 Å². The summed E-state index contributed by atoms with van der Waals surface area (Å²) in [6, 6.07) is 17.2. The molecule has 2 aromatic carbocycles. The number of rotatable bonds is 3. The maximum Gasteiger partial charge on any atom is 0.119 e. The molecular formula is C20H20BrNO. The number of nitrogens with one attached hydrogen (secondary N) is 1. The van der Waals surface area contributed by atoms with E-state index >= 15 is 0 Å². The van der Waals surface area contributed by atoms with E-state index in [4.69, 9.17) is 4.74 Å². The smallest absolute Gasteiger partial charge is 0.119 e. The van der Waals surface area contributed by atoms with Gasteiger partial charge in [-0.25, -0.2) is 0 Å². The van der Waals surface area contributed by atoms with Crippen LogP contribution in [0.15, 0.2) is 53.0 Å². The first-order valence-corrected chi connectivity index (χ1v) is 9.05. The first kappa shape index (κ1) is 15.0. The molecule has 1 aliphatic heterocycles. The van der Waals surface area contributed by atoms with Crippen LogP contribution in [0.3, 0.4) is 0 Å². The summed E-state index contributed by atoms with van der Waals surface area (Å²) in [5.74, 6) is 0.961. The molecule has 2 aromatic rings. The number of aryl methyl sites for hydroxylation is 1. The lowest BCUT2D eigenvalue weighted by Gasteiger charge is -2.21. The number of allylic oxidation sites excluding steroid dienone is 1. The van der Waals surface area contributed by atoms with Gasteiger partial charge in [0.1, 0.15) is 11.9 Å². The fourth-order valence-corrected chi connectivity index (χ4v) is 4.07. The third-order valence-corrected chi connectivity index (χ3v) is 5.43. The quantitative estimate of drug-likeness (QED) is 0.857. The molecule has 23 heavy (non-hydrogen) atoms. The molecule has 0 spiro atoms. The SMILES string of the molecule is BrC1=C(c2ccc(O[C@H]3CCNC3)cc2)c2ccccc2CC1. The molecule has 0 bridgehead atoms. The van der Waals surface area contributed by atoms with Gasteiger partial charge in [0, 0.05) is 11.0 Å². The van der Waals surface area contributed by atoms with Crippen molar-refractivity contribution in [1.29, 1.82) is 0 Å². The van der Waals surface area contributed by atoms with Crippen molar-refractivity contribution in [2.45, 2.75) is 25.4 Å². The standard InChI is InChI=1S/C20H20BrNO/c21-19-10-7-14-3-1-2-4-18(14)20(19)15-5-8-16(9-6-15)23-17-11-12-22-13-17/h1-6,8-9,17,22H,7,10-13H2/t17-/m0/s1. The fraction of sp³-hybridized carbons (Fsp3) is 0.300. The lowest BCUT2D eigenvalue weighted by atomic mass is 9.87. The number of benzene rings is 2. The topological polar surface area (TPSA) is 21.3 Å². The van der Waals surface area contributed by atoms with Crippen LogP contribution in [0.2, 0.25) is 0 Å². The van der Waals surface area contributed by atoms with E-state index in [0.29, 0.717) is 6.10 Å². The first-order chi connectivity index (χ1) is 11.3. The van der Waals surface area contributed by atoms with Crippen molar-refractivity contribution < 1.29 is 4.74 Å². The molecule has 3 heteroatoms. The Labute approximate surface area is 145 Å². The van der Waals surface area contributed by atoms with Crippen LogP contribution in [0, 0.1) is 0 Å².